The summed E-state index contributed by atoms with van der Waals surface area (Å²) in [6.45, 7) is 6.94. The number of halogens is 3. The summed E-state index contributed by atoms with van der Waals surface area (Å²) < 4.78 is 0. The molecule has 2 nitrogen and oxygen atoms in total. The summed E-state index contributed by atoms with van der Waals surface area (Å²) in [5.41, 5.74) is 0.988. The number of carbonyl (C=O) groups is 1. The van der Waals surface area contributed by atoms with Gasteiger partial charge < -0.3 is 5.32 Å². The molecular weight excluding hydrogens is 337 g/mol. The van der Waals surface area contributed by atoms with Gasteiger partial charge in [0.1, 0.15) is 0 Å². The zero-order valence-corrected chi connectivity index (χ0v) is 15.0. The van der Waals surface area contributed by atoms with E-state index in [9.17, 15) is 4.79 Å². The zero-order valence-electron chi connectivity index (χ0n) is 11.7. The van der Waals surface area contributed by atoms with E-state index in [0.717, 1.165) is 5.56 Å². The van der Waals surface area contributed by atoms with Crippen molar-refractivity contribution in [3.63, 3.8) is 0 Å². The maximum Gasteiger partial charge on any atom is 0.186 e. The molecule has 0 aliphatic heterocycles. The van der Waals surface area contributed by atoms with E-state index in [2.05, 4.69) is 38.7 Å². The number of nitrogens with one attached hydrogen (secondary N) is 1. The Morgan fingerprint density at radius 2 is 1.90 bits per heavy atom. The highest BCUT2D eigenvalue weighted by Crippen LogP contribution is 2.28. The third-order valence-electron chi connectivity index (χ3n) is 2.71. The molecule has 20 heavy (non-hydrogen) atoms. The average Bonchev–Trinajstić information content (AvgIpc) is 2.26. The van der Waals surface area contributed by atoms with Gasteiger partial charge in [-0.15, -0.1) is 25.0 Å². The van der Waals surface area contributed by atoms with Gasteiger partial charge in [-0.3, -0.25) is 4.79 Å². The van der Waals surface area contributed by atoms with Crippen LogP contribution in [0.3, 0.4) is 0 Å². The molecule has 0 aliphatic carbocycles. The molecule has 114 valence electrons. The smallest absolute Gasteiger partial charge is 0.186 e. The molecular formula is C14H20Cl3NOS. The van der Waals surface area contributed by atoms with Crippen LogP contribution in [0.15, 0.2) is 18.2 Å². The molecule has 1 aromatic rings. The fourth-order valence-electron chi connectivity index (χ4n) is 1.71. The number of thiol groups is 1. The quantitative estimate of drug-likeness (QED) is 0.747. The molecule has 1 rings (SSSR count). The zero-order chi connectivity index (χ0) is 14.6. The first-order valence-electron chi connectivity index (χ1n) is 6.11. The van der Waals surface area contributed by atoms with Crippen LogP contribution in [0.4, 0.5) is 0 Å². The first-order valence-corrected chi connectivity index (χ1v) is 7.31. The van der Waals surface area contributed by atoms with Crippen molar-refractivity contribution >= 4 is 53.4 Å². The van der Waals surface area contributed by atoms with Crippen LogP contribution in [0.1, 0.15) is 38.7 Å². The highest BCUT2D eigenvalue weighted by atomic mass is 35.5. The van der Waals surface area contributed by atoms with Crippen molar-refractivity contribution < 1.29 is 4.79 Å². The molecule has 1 atom stereocenters. The average molecular weight is 357 g/mol. The largest absolute Gasteiger partial charge is 0.311 e. The first-order chi connectivity index (χ1) is 8.69. The Morgan fingerprint density at radius 1 is 1.30 bits per heavy atom. The lowest BCUT2D eigenvalue weighted by Crippen LogP contribution is -2.38. The molecule has 0 radical (unpaired) electrons. The molecule has 1 N–H and O–H groups in total. The minimum Gasteiger partial charge on any atom is -0.311 e. The standard InChI is InChI=1S/C14H19Cl2NOS.ClH/c1-14(2,3)17-8-10(7-13(18)19)9-4-5-11(15)12(16)6-9;/h4-6,10,17H,7-8H2,1-3H3,(H,18,19);1H. The second-order valence-corrected chi connectivity index (χ2v) is 6.91. The van der Waals surface area contributed by atoms with Crippen molar-refractivity contribution in [3.05, 3.63) is 33.8 Å². The van der Waals surface area contributed by atoms with Gasteiger partial charge in [-0.1, -0.05) is 29.3 Å². The van der Waals surface area contributed by atoms with Crippen molar-refractivity contribution in [3.8, 4) is 0 Å². The second-order valence-electron chi connectivity index (χ2n) is 5.60. The van der Waals surface area contributed by atoms with Gasteiger partial charge in [0.2, 0.25) is 0 Å². The van der Waals surface area contributed by atoms with Crippen LogP contribution >= 0.6 is 48.2 Å². The van der Waals surface area contributed by atoms with Crippen LogP contribution in [0.5, 0.6) is 0 Å². The summed E-state index contributed by atoms with van der Waals surface area (Å²) in [4.78, 5) is 11.3. The van der Waals surface area contributed by atoms with E-state index in [1.54, 1.807) is 6.07 Å². The predicted octanol–water partition coefficient (Wildman–Crippen LogP) is 4.73. The minimum absolute atomic E-state index is 0. The number of hydrogen-bond donors (Lipinski definition) is 2. The Bertz CT molecular complexity index is 460. The molecule has 0 aliphatic rings. The van der Waals surface area contributed by atoms with Crippen molar-refractivity contribution in [2.75, 3.05) is 6.54 Å². The Labute approximate surface area is 142 Å². The van der Waals surface area contributed by atoms with Gasteiger partial charge in [-0.25, -0.2) is 0 Å². The SMILES string of the molecule is CC(C)(C)NCC(CC(=O)S)c1ccc(Cl)c(Cl)c1.Cl. The molecule has 0 saturated carbocycles. The number of hydrogen-bond acceptors (Lipinski definition) is 2. The van der Waals surface area contributed by atoms with E-state index in [0.29, 0.717) is 23.0 Å². The third kappa shape index (κ3) is 7.19. The normalized spacial score (nSPS) is 12.7. The van der Waals surface area contributed by atoms with Crippen molar-refractivity contribution in [1.82, 2.24) is 5.32 Å². The third-order valence-corrected chi connectivity index (χ3v) is 3.64. The lowest BCUT2D eigenvalue weighted by atomic mass is 9.95. The molecule has 0 saturated heterocycles. The molecule has 1 aromatic carbocycles. The van der Waals surface area contributed by atoms with Gasteiger partial charge in [0.05, 0.1) is 10.0 Å². The molecule has 0 spiro atoms. The highest BCUT2D eigenvalue weighted by Gasteiger charge is 2.18. The number of carbonyl (C=O) groups excluding carboxylic acids is 1. The second kappa shape index (κ2) is 8.50. The van der Waals surface area contributed by atoms with Gasteiger partial charge in [-0.05, 0) is 38.5 Å². The van der Waals surface area contributed by atoms with Crippen LogP contribution < -0.4 is 5.32 Å². The molecule has 0 bridgehead atoms. The van der Waals surface area contributed by atoms with E-state index in [-0.39, 0.29) is 29.0 Å². The van der Waals surface area contributed by atoms with Crippen LogP contribution in [-0.4, -0.2) is 17.2 Å². The Hall–Kier alpha value is 0.0700. The van der Waals surface area contributed by atoms with Crippen LogP contribution in [0, 0.1) is 0 Å². The lowest BCUT2D eigenvalue weighted by Gasteiger charge is -2.25. The van der Waals surface area contributed by atoms with Crippen LogP contribution in [0.25, 0.3) is 0 Å². The number of benzene rings is 1. The maximum atomic E-state index is 11.3. The first kappa shape index (κ1) is 20.1. The molecule has 6 heteroatoms. The van der Waals surface area contributed by atoms with Gasteiger partial charge in [0.25, 0.3) is 0 Å². The molecule has 0 fully saturated rings. The summed E-state index contributed by atoms with van der Waals surface area (Å²) in [5, 5.41) is 4.29. The molecule has 1 unspecified atom stereocenters. The van der Waals surface area contributed by atoms with Gasteiger partial charge in [-0.2, -0.15) is 0 Å². The Morgan fingerprint density at radius 3 is 2.35 bits per heavy atom. The van der Waals surface area contributed by atoms with Gasteiger partial charge in [0, 0.05) is 24.4 Å². The summed E-state index contributed by atoms with van der Waals surface area (Å²) in [6, 6.07) is 5.47. The van der Waals surface area contributed by atoms with Gasteiger partial charge >= 0.3 is 0 Å². The fourth-order valence-corrected chi connectivity index (χ4v) is 2.24. The predicted molar refractivity (Wildman–Crippen MR) is 92.8 cm³/mol. The molecule has 0 heterocycles. The monoisotopic (exact) mass is 355 g/mol. The maximum absolute atomic E-state index is 11.3. The lowest BCUT2D eigenvalue weighted by molar-refractivity contribution is -0.111. The Kier molecular flexibility index (Phi) is 8.53. The molecule has 0 amide bonds. The summed E-state index contributed by atoms with van der Waals surface area (Å²) in [6.07, 6.45) is 0.365. The minimum atomic E-state index is -0.133. The Balaban J connectivity index is 0.00000361. The summed E-state index contributed by atoms with van der Waals surface area (Å²) >= 11 is 15.8. The van der Waals surface area contributed by atoms with Crippen molar-refractivity contribution in [1.29, 1.82) is 0 Å². The van der Waals surface area contributed by atoms with E-state index in [1.807, 2.05) is 12.1 Å². The van der Waals surface area contributed by atoms with Crippen LogP contribution in [-0.2, 0) is 4.79 Å². The fraction of sp³-hybridized carbons (Fsp3) is 0.500. The molecule has 0 aromatic heterocycles. The summed E-state index contributed by atoms with van der Waals surface area (Å²) in [5.74, 6) is 0.0407. The number of rotatable bonds is 5. The van der Waals surface area contributed by atoms with E-state index >= 15 is 0 Å². The highest BCUT2D eigenvalue weighted by molar-refractivity contribution is 7.96. The van der Waals surface area contributed by atoms with E-state index in [4.69, 9.17) is 23.2 Å². The van der Waals surface area contributed by atoms with E-state index < -0.39 is 0 Å². The topological polar surface area (TPSA) is 29.1 Å². The van der Waals surface area contributed by atoms with E-state index in [1.165, 1.54) is 0 Å². The van der Waals surface area contributed by atoms with Gasteiger partial charge in [0.15, 0.2) is 5.12 Å². The van der Waals surface area contributed by atoms with Crippen molar-refractivity contribution in [2.45, 2.75) is 38.6 Å². The van der Waals surface area contributed by atoms with Crippen LogP contribution in [0.2, 0.25) is 10.0 Å². The van der Waals surface area contributed by atoms with Crippen molar-refractivity contribution in [2.24, 2.45) is 0 Å². The summed E-state index contributed by atoms with van der Waals surface area (Å²) in [7, 11) is 0.